The van der Waals surface area contributed by atoms with E-state index >= 15 is 0 Å². The number of hydrogen-bond donors (Lipinski definition) is 5. The van der Waals surface area contributed by atoms with Gasteiger partial charge in [-0.2, -0.15) is 0 Å². The van der Waals surface area contributed by atoms with Crippen molar-refractivity contribution in [2.75, 3.05) is 20.8 Å². The van der Waals surface area contributed by atoms with Crippen molar-refractivity contribution in [1.82, 2.24) is 5.32 Å². The Labute approximate surface area is 133 Å². The number of esters is 1. The van der Waals surface area contributed by atoms with Crippen molar-refractivity contribution in [2.24, 2.45) is 0 Å². The Morgan fingerprint density at radius 1 is 1.39 bits per heavy atom. The Morgan fingerprint density at radius 2 is 2.00 bits per heavy atom. The number of nitrogens with one attached hydrogen (secondary N) is 1. The average Bonchev–Trinajstić information content (AvgIpc) is 2.53. The van der Waals surface area contributed by atoms with Gasteiger partial charge in [0.1, 0.15) is 18.3 Å². The van der Waals surface area contributed by atoms with Gasteiger partial charge in [0.15, 0.2) is 0 Å². The minimum absolute atomic E-state index is 0.362. The van der Waals surface area contributed by atoms with Crippen molar-refractivity contribution in [3.05, 3.63) is 0 Å². The number of amides is 1. The zero-order chi connectivity index (χ0) is 17.8. The van der Waals surface area contributed by atoms with E-state index < -0.39 is 54.7 Å². The molecule has 0 aromatic rings. The smallest absolute Gasteiger partial charge is 0.366 e. The lowest BCUT2D eigenvalue weighted by atomic mass is 9.88. The fraction of sp³-hybridized carbons (Fsp3) is 0.846. The van der Waals surface area contributed by atoms with Gasteiger partial charge in [-0.25, -0.2) is 4.79 Å². The van der Waals surface area contributed by atoms with Gasteiger partial charge in [-0.3, -0.25) is 4.79 Å². The van der Waals surface area contributed by atoms with Crippen molar-refractivity contribution in [3.63, 3.8) is 0 Å². The second-order valence-electron chi connectivity index (χ2n) is 5.27. The number of rotatable bonds is 6. The maximum Gasteiger partial charge on any atom is 0.366 e. The number of ether oxygens (including phenoxy) is 3. The van der Waals surface area contributed by atoms with E-state index in [1.165, 1.54) is 6.92 Å². The molecule has 1 aliphatic rings. The van der Waals surface area contributed by atoms with Gasteiger partial charge in [-0.1, -0.05) is 0 Å². The predicted molar refractivity (Wildman–Crippen MR) is 74.0 cm³/mol. The van der Waals surface area contributed by atoms with Gasteiger partial charge in [-0.05, 0) is 0 Å². The third-order valence-electron chi connectivity index (χ3n) is 3.69. The highest BCUT2D eigenvalue weighted by molar-refractivity contribution is 5.78. The van der Waals surface area contributed by atoms with E-state index in [-0.39, 0.29) is 6.42 Å². The van der Waals surface area contributed by atoms with Gasteiger partial charge < -0.3 is 40.0 Å². The van der Waals surface area contributed by atoms with Crippen LogP contribution in [0.5, 0.6) is 0 Å². The Balaban J connectivity index is 3.17. The van der Waals surface area contributed by atoms with Gasteiger partial charge in [0, 0.05) is 20.5 Å². The van der Waals surface area contributed by atoms with E-state index in [1.807, 2.05) is 0 Å². The molecule has 1 aliphatic heterocycles. The van der Waals surface area contributed by atoms with Crippen LogP contribution in [0.15, 0.2) is 0 Å². The highest BCUT2D eigenvalue weighted by Crippen LogP contribution is 2.33. The zero-order valence-electron chi connectivity index (χ0n) is 13.1. The summed E-state index contributed by atoms with van der Waals surface area (Å²) in [6, 6.07) is -1.13. The summed E-state index contributed by atoms with van der Waals surface area (Å²) in [5.74, 6) is -3.48. The van der Waals surface area contributed by atoms with Crippen LogP contribution in [0.25, 0.3) is 0 Å². The average molecular weight is 337 g/mol. The quantitative estimate of drug-likeness (QED) is 0.316. The van der Waals surface area contributed by atoms with Crippen LogP contribution in [-0.4, -0.2) is 89.4 Å². The number of methoxy groups -OCH3 is 2. The number of hydrogen-bond acceptors (Lipinski definition) is 9. The van der Waals surface area contributed by atoms with Gasteiger partial charge in [0.25, 0.3) is 5.79 Å². The second kappa shape index (κ2) is 7.99. The Hall–Kier alpha value is -1.30. The van der Waals surface area contributed by atoms with E-state index in [0.29, 0.717) is 0 Å². The summed E-state index contributed by atoms with van der Waals surface area (Å²) in [6.45, 7) is 0.402. The van der Waals surface area contributed by atoms with Crippen LogP contribution in [-0.2, 0) is 23.8 Å². The first-order valence-electron chi connectivity index (χ1n) is 6.96. The predicted octanol–water partition coefficient (Wildman–Crippen LogP) is -3.13. The van der Waals surface area contributed by atoms with E-state index in [1.54, 1.807) is 0 Å². The molecule has 1 heterocycles. The zero-order valence-corrected chi connectivity index (χ0v) is 13.1. The molecular formula is C13H23NO9. The fourth-order valence-electron chi connectivity index (χ4n) is 2.49. The summed E-state index contributed by atoms with van der Waals surface area (Å²) in [5.41, 5.74) is 0. The molecule has 1 amide bonds. The molecule has 1 rings (SSSR count). The SMILES string of the molecule is COC(=O)C1(OC)CC(O)C(NC(C)=O)C([C@H](O)[C@H](O)CO)O1. The van der Waals surface area contributed by atoms with Gasteiger partial charge >= 0.3 is 5.97 Å². The molecule has 10 heteroatoms. The molecule has 0 aromatic heterocycles. The van der Waals surface area contributed by atoms with Gasteiger partial charge in [0.2, 0.25) is 5.91 Å². The standard InChI is InChI=1S/C13H23NO9/c1-6(16)14-9-7(17)4-13(22-3,12(20)21-2)23-11(9)10(19)8(18)5-15/h7-11,15,17-19H,4-5H2,1-3H3,(H,14,16)/t7?,8-,9?,10-,11?,13?/m1/s1. The molecule has 0 aromatic carbocycles. The summed E-state index contributed by atoms with van der Waals surface area (Å²) in [6.07, 6.45) is -6.44. The highest BCUT2D eigenvalue weighted by Gasteiger charge is 2.55. The van der Waals surface area contributed by atoms with E-state index in [9.17, 15) is 24.9 Å². The summed E-state index contributed by atoms with van der Waals surface area (Å²) < 4.78 is 15.1. The molecule has 0 saturated carbocycles. The maximum absolute atomic E-state index is 11.9. The van der Waals surface area contributed by atoms with Crippen molar-refractivity contribution < 1.29 is 44.2 Å². The van der Waals surface area contributed by atoms with E-state index in [2.05, 4.69) is 10.1 Å². The Kier molecular flexibility index (Phi) is 6.86. The molecule has 0 radical (unpaired) electrons. The molecule has 0 aliphatic carbocycles. The summed E-state index contributed by atoms with van der Waals surface area (Å²) in [5, 5.41) is 41.4. The van der Waals surface area contributed by atoms with Crippen LogP contribution < -0.4 is 5.32 Å². The molecule has 5 N–H and O–H groups in total. The normalized spacial score (nSPS) is 33.6. The molecule has 10 nitrogen and oxygen atoms in total. The maximum atomic E-state index is 11.9. The topological polar surface area (TPSA) is 155 Å². The highest BCUT2D eigenvalue weighted by atomic mass is 16.7. The van der Waals surface area contributed by atoms with Crippen LogP contribution in [0.4, 0.5) is 0 Å². The lowest BCUT2D eigenvalue weighted by Crippen LogP contribution is -2.67. The molecule has 0 bridgehead atoms. The first kappa shape index (κ1) is 19.7. The summed E-state index contributed by atoms with van der Waals surface area (Å²) in [4.78, 5) is 23.2. The van der Waals surface area contributed by atoms with Crippen LogP contribution in [0, 0.1) is 0 Å². The number of carbonyl (C=O) groups excluding carboxylic acids is 2. The lowest BCUT2D eigenvalue weighted by Gasteiger charge is -2.46. The third-order valence-corrected chi connectivity index (χ3v) is 3.69. The molecule has 134 valence electrons. The van der Waals surface area contributed by atoms with Crippen LogP contribution >= 0.6 is 0 Å². The third kappa shape index (κ3) is 4.16. The minimum atomic E-state index is -2.01. The number of aliphatic hydroxyl groups is 4. The van der Waals surface area contributed by atoms with Gasteiger partial charge in [0.05, 0.1) is 25.9 Å². The number of carbonyl (C=O) groups is 2. The molecular weight excluding hydrogens is 314 g/mol. The molecule has 6 atom stereocenters. The van der Waals surface area contributed by atoms with Crippen molar-refractivity contribution in [1.29, 1.82) is 0 Å². The van der Waals surface area contributed by atoms with Crippen LogP contribution in [0.2, 0.25) is 0 Å². The fourth-order valence-corrected chi connectivity index (χ4v) is 2.49. The van der Waals surface area contributed by atoms with Crippen molar-refractivity contribution in [2.45, 2.75) is 49.6 Å². The monoisotopic (exact) mass is 337 g/mol. The second-order valence-corrected chi connectivity index (χ2v) is 5.27. The van der Waals surface area contributed by atoms with E-state index in [4.69, 9.17) is 14.6 Å². The Bertz CT molecular complexity index is 432. The first-order valence-corrected chi connectivity index (χ1v) is 6.96. The molecule has 4 unspecified atom stereocenters. The van der Waals surface area contributed by atoms with Crippen molar-refractivity contribution >= 4 is 11.9 Å². The largest absolute Gasteiger partial charge is 0.465 e. The molecule has 1 saturated heterocycles. The van der Waals surface area contributed by atoms with Crippen LogP contribution in [0.1, 0.15) is 13.3 Å². The summed E-state index contributed by atoms with van der Waals surface area (Å²) >= 11 is 0. The Morgan fingerprint density at radius 3 is 2.43 bits per heavy atom. The molecule has 0 spiro atoms. The molecule has 1 fully saturated rings. The van der Waals surface area contributed by atoms with Crippen LogP contribution in [0.3, 0.4) is 0 Å². The van der Waals surface area contributed by atoms with Gasteiger partial charge in [-0.15, -0.1) is 0 Å². The number of aliphatic hydroxyl groups excluding tert-OH is 4. The first-order chi connectivity index (χ1) is 10.7. The molecule has 23 heavy (non-hydrogen) atoms. The minimum Gasteiger partial charge on any atom is -0.465 e. The van der Waals surface area contributed by atoms with Crippen molar-refractivity contribution in [3.8, 4) is 0 Å². The van der Waals surface area contributed by atoms with E-state index in [0.717, 1.165) is 14.2 Å². The lowest BCUT2D eigenvalue weighted by molar-refractivity contribution is -0.305. The summed E-state index contributed by atoms with van der Waals surface area (Å²) in [7, 11) is 2.24.